The average Bonchev–Trinajstić information content (AvgIpc) is 2.57. The number of anilines is 2. The third-order valence-corrected chi connectivity index (χ3v) is 4.73. The lowest BCUT2D eigenvalue weighted by atomic mass is 9.92. The highest BCUT2D eigenvalue weighted by molar-refractivity contribution is 8.00. The molecule has 0 bridgehead atoms. The van der Waals surface area contributed by atoms with Crippen molar-refractivity contribution in [1.82, 2.24) is 0 Å². The van der Waals surface area contributed by atoms with Crippen LogP contribution in [-0.2, 0) is 9.59 Å². The van der Waals surface area contributed by atoms with Crippen molar-refractivity contribution in [2.45, 2.75) is 44.3 Å². The van der Waals surface area contributed by atoms with Gasteiger partial charge in [-0.15, -0.1) is 11.8 Å². The van der Waals surface area contributed by atoms with Crippen molar-refractivity contribution in [3.05, 3.63) is 54.3 Å². The van der Waals surface area contributed by atoms with Crippen molar-refractivity contribution >= 4 is 35.0 Å². The molecule has 2 aromatic carbocycles. The van der Waals surface area contributed by atoms with Crippen LogP contribution in [0.25, 0.3) is 0 Å². The zero-order chi connectivity index (χ0) is 20.0. The fourth-order valence-corrected chi connectivity index (χ4v) is 3.21. The molecule has 0 heterocycles. The molecule has 0 radical (unpaired) electrons. The molecule has 2 N–H and O–H groups in total. The van der Waals surface area contributed by atoms with E-state index in [0.29, 0.717) is 12.1 Å². The lowest BCUT2D eigenvalue weighted by molar-refractivity contribution is -0.118. The van der Waals surface area contributed by atoms with Gasteiger partial charge in [0.15, 0.2) is 0 Å². The van der Waals surface area contributed by atoms with E-state index in [9.17, 15) is 14.0 Å². The largest absolute Gasteiger partial charge is 0.326 e. The summed E-state index contributed by atoms with van der Waals surface area (Å²) in [5, 5.41) is 5.32. The van der Waals surface area contributed by atoms with Crippen molar-refractivity contribution in [3.63, 3.8) is 0 Å². The minimum atomic E-state index is -0.342. The van der Waals surface area contributed by atoms with Gasteiger partial charge in [0.1, 0.15) is 5.82 Å². The molecule has 0 fully saturated rings. The Morgan fingerprint density at radius 2 is 1.48 bits per heavy atom. The van der Waals surface area contributed by atoms with Crippen LogP contribution >= 0.6 is 11.8 Å². The summed E-state index contributed by atoms with van der Waals surface area (Å²) in [5.41, 5.74) is 1.23. The first kappa shape index (κ1) is 21.0. The summed E-state index contributed by atoms with van der Waals surface area (Å²) in [6.07, 6.45) is 0.449. The van der Waals surface area contributed by atoms with Crippen LogP contribution in [0.4, 0.5) is 15.8 Å². The number of rotatable bonds is 6. The van der Waals surface area contributed by atoms with E-state index in [1.165, 1.54) is 36.0 Å². The first-order valence-corrected chi connectivity index (χ1v) is 9.63. The summed E-state index contributed by atoms with van der Waals surface area (Å²) in [6, 6.07) is 13.1. The minimum Gasteiger partial charge on any atom is -0.326 e. The highest BCUT2D eigenvalue weighted by Gasteiger charge is 2.17. The first-order valence-electron chi connectivity index (χ1n) is 8.75. The summed E-state index contributed by atoms with van der Waals surface area (Å²) in [4.78, 5) is 25.2. The second kappa shape index (κ2) is 9.04. The van der Waals surface area contributed by atoms with Gasteiger partial charge in [-0.3, -0.25) is 9.59 Å². The number of amides is 2. The number of benzene rings is 2. The van der Waals surface area contributed by atoms with Gasteiger partial charge in [0, 0.05) is 22.7 Å². The van der Waals surface area contributed by atoms with E-state index in [1.807, 2.05) is 52.0 Å². The highest BCUT2D eigenvalue weighted by atomic mass is 32.2. The van der Waals surface area contributed by atoms with Gasteiger partial charge in [0.25, 0.3) is 0 Å². The Morgan fingerprint density at radius 3 is 2.04 bits per heavy atom. The number of carbonyl (C=O) groups is 2. The smallest absolute Gasteiger partial charge is 0.237 e. The van der Waals surface area contributed by atoms with Crippen molar-refractivity contribution in [1.29, 1.82) is 0 Å². The van der Waals surface area contributed by atoms with Crippen LogP contribution in [0.2, 0.25) is 0 Å². The number of halogens is 1. The van der Waals surface area contributed by atoms with Crippen LogP contribution in [0, 0.1) is 11.2 Å². The van der Waals surface area contributed by atoms with Crippen molar-refractivity contribution < 1.29 is 14.0 Å². The molecule has 0 aliphatic rings. The zero-order valence-corrected chi connectivity index (χ0v) is 16.8. The molecular weight excluding hydrogens is 363 g/mol. The Kier molecular flexibility index (Phi) is 7.02. The van der Waals surface area contributed by atoms with Crippen LogP contribution in [-0.4, -0.2) is 17.1 Å². The number of nitrogens with one attached hydrogen (secondary N) is 2. The van der Waals surface area contributed by atoms with Crippen LogP contribution in [0.15, 0.2) is 53.4 Å². The predicted molar refractivity (Wildman–Crippen MR) is 109 cm³/mol. The molecule has 144 valence electrons. The molecule has 0 aromatic heterocycles. The quantitative estimate of drug-likeness (QED) is 0.659. The van der Waals surface area contributed by atoms with Gasteiger partial charge in [-0.05, 0) is 60.9 Å². The maximum absolute atomic E-state index is 12.9. The van der Waals surface area contributed by atoms with E-state index in [4.69, 9.17) is 0 Å². The molecule has 1 atom stereocenters. The predicted octanol–water partition coefficient (Wildman–Crippen LogP) is 5.32. The SMILES string of the molecule is CC(Sc1ccc(NC(=O)CC(C)(C)C)cc1)C(=O)Nc1ccc(F)cc1. The molecule has 2 amide bonds. The van der Waals surface area contributed by atoms with Crippen molar-refractivity contribution in [2.75, 3.05) is 10.6 Å². The van der Waals surface area contributed by atoms with Gasteiger partial charge in [0.2, 0.25) is 11.8 Å². The lowest BCUT2D eigenvalue weighted by Gasteiger charge is -2.17. The first-order chi connectivity index (χ1) is 12.6. The Morgan fingerprint density at radius 1 is 0.963 bits per heavy atom. The van der Waals surface area contributed by atoms with Crippen molar-refractivity contribution in [3.8, 4) is 0 Å². The van der Waals surface area contributed by atoms with Crippen LogP contribution in [0.5, 0.6) is 0 Å². The van der Waals surface area contributed by atoms with Gasteiger partial charge in [0.05, 0.1) is 5.25 Å². The van der Waals surface area contributed by atoms with E-state index in [2.05, 4.69) is 10.6 Å². The van der Waals surface area contributed by atoms with E-state index in [-0.39, 0.29) is 28.3 Å². The van der Waals surface area contributed by atoms with Crippen LogP contribution < -0.4 is 10.6 Å². The van der Waals surface area contributed by atoms with E-state index >= 15 is 0 Å². The standard InChI is InChI=1S/C21H25FN2O2S/c1-14(20(26)24-17-7-5-15(22)6-8-17)27-18-11-9-16(10-12-18)23-19(25)13-21(2,3)4/h5-12,14H,13H2,1-4H3,(H,23,25)(H,24,26). The second-order valence-electron chi connectivity index (χ2n) is 7.57. The molecule has 0 saturated heterocycles. The average molecular weight is 389 g/mol. The van der Waals surface area contributed by atoms with E-state index in [0.717, 1.165) is 10.6 Å². The summed E-state index contributed by atoms with van der Waals surface area (Å²) < 4.78 is 12.9. The number of hydrogen-bond acceptors (Lipinski definition) is 3. The molecule has 0 aliphatic carbocycles. The molecule has 0 saturated carbocycles. The summed E-state index contributed by atoms with van der Waals surface area (Å²) in [6.45, 7) is 7.86. The molecule has 1 unspecified atom stereocenters. The van der Waals surface area contributed by atoms with Gasteiger partial charge >= 0.3 is 0 Å². The van der Waals surface area contributed by atoms with E-state index in [1.54, 1.807) is 0 Å². The fourth-order valence-electron chi connectivity index (χ4n) is 2.34. The maximum atomic E-state index is 12.9. The zero-order valence-electron chi connectivity index (χ0n) is 16.0. The topological polar surface area (TPSA) is 58.2 Å². The molecule has 6 heteroatoms. The number of hydrogen-bond donors (Lipinski definition) is 2. The van der Waals surface area contributed by atoms with Crippen molar-refractivity contribution in [2.24, 2.45) is 5.41 Å². The van der Waals surface area contributed by atoms with E-state index < -0.39 is 0 Å². The Hall–Kier alpha value is -2.34. The lowest BCUT2D eigenvalue weighted by Crippen LogP contribution is -2.22. The minimum absolute atomic E-state index is 0.0186. The Bertz CT molecular complexity index is 783. The molecule has 2 rings (SSSR count). The van der Waals surface area contributed by atoms with Crippen LogP contribution in [0.3, 0.4) is 0 Å². The third kappa shape index (κ3) is 7.43. The number of thioether (sulfide) groups is 1. The second-order valence-corrected chi connectivity index (χ2v) is 8.98. The third-order valence-electron chi connectivity index (χ3n) is 3.62. The molecule has 4 nitrogen and oxygen atoms in total. The molecule has 2 aromatic rings. The summed E-state index contributed by atoms with van der Waals surface area (Å²) in [5.74, 6) is -0.519. The van der Waals surface area contributed by atoms with Gasteiger partial charge < -0.3 is 10.6 Å². The van der Waals surface area contributed by atoms with Gasteiger partial charge in [-0.2, -0.15) is 0 Å². The monoisotopic (exact) mass is 388 g/mol. The van der Waals surface area contributed by atoms with Gasteiger partial charge in [-0.1, -0.05) is 20.8 Å². The molecule has 0 aliphatic heterocycles. The highest BCUT2D eigenvalue weighted by Crippen LogP contribution is 2.26. The Balaban J connectivity index is 1.88. The summed E-state index contributed by atoms with van der Waals surface area (Å²) in [7, 11) is 0. The van der Waals surface area contributed by atoms with Crippen LogP contribution in [0.1, 0.15) is 34.1 Å². The molecule has 0 spiro atoms. The normalized spacial score (nSPS) is 12.3. The summed E-state index contributed by atoms with van der Waals surface area (Å²) >= 11 is 1.41. The number of carbonyl (C=O) groups excluding carboxylic acids is 2. The molecule has 27 heavy (non-hydrogen) atoms. The van der Waals surface area contributed by atoms with Gasteiger partial charge in [-0.25, -0.2) is 4.39 Å². The molecular formula is C21H25FN2O2S. The maximum Gasteiger partial charge on any atom is 0.237 e. The fraction of sp³-hybridized carbons (Fsp3) is 0.333. The Labute approximate surface area is 163 Å².